The molecule has 3 rings (SSSR count). The summed E-state index contributed by atoms with van der Waals surface area (Å²) in [6.45, 7) is 9.26. The van der Waals surface area contributed by atoms with Gasteiger partial charge in [0.1, 0.15) is 0 Å². The molecule has 2 aromatic rings. The van der Waals surface area contributed by atoms with Crippen molar-refractivity contribution in [2.75, 3.05) is 18.4 Å². The average molecular weight is 367 g/mol. The minimum atomic E-state index is -0.123. The summed E-state index contributed by atoms with van der Waals surface area (Å²) in [5.74, 6) is 0.439. The number of nitrogens with one attached hydrogen (secondary N) is 2. The van der Waals surface area contributed by atoms with Crippen LogP contribution in [-0.2, 0) is 6.54 Å². The van der Waals surface area contributed by atoms with E-state index in [9.17, 15) is 4.79 Å². The summed E-state index contributed by atoms with van der Waals surface area (Å²) < 4.78 is 0. The first kappa shape index (κ1) is 19.4. The van der Waals surface area contributed by atoms with Gasteiger partial charge in [0.2, 0.25) is 0 Å². The van der Waals surface area contributed by atoms with Crippen molar-refractivity contribution in [1.82, 2.24) is 15.2 Å². The van der Waals surface area contributed by atoms with Gasteiger partial charge in [-0.3, -0.25) is 9.88 Å². The summed E-state index contributed by atoms with van der Waals surface area (Å²) in [5.41, 5.74) is 4.59. The fourth-order valence-electron chi connectivity index (χ4n) is 3.76. The zero-order valence-corrected chi connectivity index (χ0v) is 16.5. The number of hydrogen-bond donors (Lipinski definition) is 2. The van der Waals surface area contributed by atoms with E-state index in [2.05, 4.69) is 59.5 Å². The highest BCUT2D eigenvalue weighted by molar-refractivity contribution is 5.89. The van der Waals surface area contributed by atoms with Gasteiger partial charge < -0.3 is 10.6 Å². The summed E-state index contributed by atoms with van der Waals surface area (Å²) in [6.07, 6.45) is 5.81. The molecule has 2 amide bonds. The molecular weight excluding hydrogens is 336 g/mol. The van der Waals surface area contributed by atoms with Crippen LogP contribution in [0.4, 0.5) is 10.5 Å². The number of pyridine rings is 1. The van der Waals surface area contributed by atoms with Crippen LogP contribution in [0, 0.1) is 6.92 Å². The summed E-state index contributed by atoms with van der Waals surface area (Å²) in [5, 5.41) is 6.14. The van der Waals surface area contributed by atoms with E-state index in [0.29, 0.717) is 5.92 Å². The second-order valence-corrected chi connectivity index (χ2v) is 7.76. The van der Waals surface area contributed by atoms with Crippen molar-refractivity contribution in [2.24, 2.45) is 0 Å². The van der Waals surface area contributed by atoms with Crippen LogP contribution < -0.4 is 10.6 Å². The highest BCUT2D eigenvalue weighted by Gasteiger charge is 2.21. The van der Waals surface area contributed by atoms with E-state index in [4.69, 9.17) is 0 Å². The molecule has 27 heavy (non-hydrogen) atoms. The Morgan fingerprint density at radius 3 is 2.93 bits per heavy atom. The van der Waals surface area contributed by atoms with Gasteiger partial charge in [-0.25, -0.2) is 4.79 Å². The molecule has 1 aliphatic rings. The third kappa shape index (κ3) is 5.54. The number of nitrogens with zero attached hydrogens (tertiary/aromatic N) is 2. The molecule has 144 valence electrons. The van der Waals surface area contributed by atoms with E-state index in [1.54, 1.807) is 6.20 Å². The standard InChI is InChI=1S/C22H30N4O/c1-16(2)21-12-19(9-8-17(21)3)24-22(27)25-20-7-5-11-26(15-20)14-18-6-4-10-23-13-18/h4,6,8-10,12-13,16,20H,5,7,11,14-15H2,1-3H3,(H2,24,25,27). The lowest BCUT2D eigenvalue weighted by molar-refractivity contribution is 0.183. The summed E-state index contributed by atoms with van der Waals surface area (Å²) >= 11 is 0. The van der Waals surface area contributed by atoms with Gasteiger partial charge in [0.15, 0.2) is 0 Å². The molecule has 2 N–H and O–H groups in total. The highest BCUT2D eigenvalue weighted by Crippen LogP contribution is 2.23. The fourth-order valence-corrected chi connectivity index (χ4v) is 3.76. The fraction of sp³-hybridized carbons (Fsp3) is 0.455. The third-order valence-corrected chi connectivity index (χ3v) is 5.13. The number of anilines is 1. The van der Waals surface area contributed by atoms with Crippen molar-refractivity contribution in [3.8, 4) is 0 Å². The summed E-state index contributed by atoms with van der Waals surface area (Å²) in [4.78, 5) is 19.0. The van der Waals surface area contributed by atoms with Gasteiger partial charge in [0, 0.05) is 37.2 Å². The molecule has 1 aliphatic heterocycles. The second kappa shape index (κ2) is 9.00. The molecule has 1 atom stereocenters. The number of likely N-dealkylation sites (tertiary alicyclic amines) is 1. The summed E-state index contributed by atoms with van der Waals surface area (Å²) in [6, 6.07) is 10.2. The van der Waals surface area contributed by atoms with Crippen molar-refractivity contribution in [2.45, 2.75) is 52.1 Å². The van der Waals surface area contributed by atoms with E-state index in [0.717, 1.165) is 38.2 Å². The van der Waals surface area contributed by atoms with E-state index in [1.807, 2.05) is 18.3 Å². The maximum absolute atomic E-state index is 12.5. The number of aryl methyl sites for hydroxylation is 1. The highest BCUT2D eigenvalue weighted by atomic mass is 16.2. The molecule has 5 nitrogen and oxygen atoms in total. The molecule has 0 aliphatic carbocycles. The van der Waals surface area contributed by atoms with E-state index in [1.165, 1.54) is 16.7 Å². The Morgan fingerprint density at radius 1 is 1.33 bits per heavy atom. The zero-order valence-electron chi connectivity index (χ0n) is 16.5. The van der Waals surface area contributed by atoms with Crippen LogP contribution in [0.2, 0.25) is 0 Å². The molecule has 5 heteroatoms. The van der Waals surface area contributed by atoms with Gasteiger partial charge in [-0.1, -0.05) is 26.0 Å². The van der Waals surface area contributed by atoms with Gasteiger partial charge >= 0.3 is 6.03 Å². The molecule has 1 aromatic carbocycles. The second-order valence-electron chi connectivity index (χ2n) is 7.76. The maximum atomic E-state index is 12.5. The van der Waals surface area contributed by atoms with Crippen LogP contribution in [0.3, 0.4) is 0 Å². The van der Waals surface area contributed by atoms with Crippen LogP contribution in [0.1, 0.15) is 49.3 Å². The predicted molar refractivity (Wildman–Crippen MR) is 110 cm³/mol. The lowest BCUT2D eigenvalue weighted by Gasteiger charge is -2.33. The zero-order chi connectivity index (χ0) is 19.2. The number of amides is 2. The van der Waals surface area contributed by atoms with Gasteiger partial charge in [0.25, 0.3) is 0 Å². The SMILES string of the molecule is Cc1ccc(NC(=O)NC2CCCN(Cc3cccnc3)C2)cc1C(C)C. The third-order valence-electron chi connectivity index (χ3n) is 5.13. The minimum absolute atomic E-state index is 0.123. The van der Waals surface area contributed by atoms with Crippen LogP contribution in [0.25, 0.3) is 0 Å². The minimum Gasteiger partial charge on any atom is -0.334 e. The molecule has 2 heterocycles. The van der Waals surface area contributed by atoms with Gasteiger partial charge in [0.05, 0.1) is 0 Å². The van der Waals surface area contributed by atoms with Crippen LogP contribution in [0.5, 0.6) is 0 Å². The number of aromatic nitrogens is 1. The molecule has 1 saturated heterocycles. The molecule has 0 spiro atoms. The number of rotatable bonds is 5. The Kier molecular flexibility index (Phi) is 6.45. The number of urea groups is 1. The average Bonchev–Trinajstić information content (AvgIpc) is 2.64. The largest absolute Gasteiger partial charge is 0.334 e. The molecule has 0 bridgehead atoms. The Balaban J connectivity index is 1.54. The Bertz CT molecular complexity index is 760. The quantitative estimate of drug-likeness (QED) is 0.829. The monoisotopic (exact) mass is 366 g/mol. The van der Waals surface area contributed by atoms with Crippen LogP contribution >= 0.6 is 0 Å². The Labute approximate surface area is 162 Å². The lowest BCUT2D eigenvalue weighted by Crippen LogP contribution is -2.48. The number of hydrogen-bond acceptors (Lipinski definition) is 3. The molecule has 1 aromatic heterocycles. The first-order valence-corrected chi connectivity index (χ1v) is 9.80. The number of benzene rings is 1. The molecule has 0 saturated carbocycles. The number of carbonyl (C=O) groups is 1. The van der Waals surface area contributed by atoms with Crippen LogP contribution in [0.15, 0.2) is 42.7 Å². The van der Waals surface area contributed by atoms with Crippen molar-refractivity contribution >= 4 is 11.7 Å². The van der Waals surface area contributed by atoms with Crippen molar-refractivity contribution in [3.05, 3.63) is 59.4 Å². The Morgan fingerprint density at radius 2 is 2.19 bits per heavy atom. The smallest absolute Gasteiger partial charge is 0.319 e. The first-order valence-electron chi connectivity index (χ1n) is 9.80. The predicted octanol–water partition coefficient (Wildman–Crippen LogP) is 4.30. The normalized spacial score (nSPS) is 17.7. The molecular formula is C22H30N4O. The first-order chi connectivity index (χ1) is 13.0. The van der Waals surface area contributed by atoms with E-state index < -0.39 is 0 Å². The maximum Gasteiger partial charge on any atom is 0.319 e. The molecule has 0 radical (unpaired) electrons. The topological polar surface area (TPSA) is 57.3 Å². The molecule has 1 unspecified atom stereocenters. The Hall–Kier alpha value is -2.40. The lowest BCUT2D eigenvalue weighted by atomic mass is 9.97. The molecule has 1 fully saturated rings. The number of piperidine rings is 1. The van der Waals surface area contributed by atoms with Crippen molar-refractivity contribution in [1.29, 1.82) is 0 Å². The van der Waals surface area contributed by atoms with Crippen molar-refractivity contribution < 1.29 is 4.79 Å². The van der Waals surface area contributed by atoms with Gasteiger partial charge in [-0.05, 0) is 67.1 Å². The number of carbonyl (C=O) groups excluding carboxylic acids is 1. The summed E-state index contributed by atoms with van der Waals surface area (Å²) in [7, 11) is 0. The van der Waals surface area contributed by atoms with E-state index in [-0.39, 0.29) is 12.1 Å². The van der Waals surface area contributed by atoms with Crippen LogP contribution in [-0.4, -0.2) is 35.0 Å². The van der Waals surface area contributed by atoms with Gasteiger partial charge in [-0.15, -0.1) is 0 Å². The van der Waals surface area contributed by atoms with Gasteiger partial charge in [-0.2, -0.15) is 0 Å². The van der Waals surface area contributed by atoms with Crippen molar-refractivity contribution in [3.63, 3.8) is 0 Å². The van der Waals surface area contributed by atoms with E-state index >= 15 is 0 Å².